The first kappa shape index (κ1) is 13.8. The van der Waals surface area contributed by atoms with E-state index in [0.29, 0.717) is 23.6 Å². The topological polar surface area (TPSA) is 57.6 Å². The van der Waals surface area contributed by atoms with Crippen LogP contribution in [0.3, 0.4) is 0 Å². The molecule has 4 nitrogen and oxygen atoms in total. The molecule has 1 aromatic carbocycles. The molecule has 0 aliphatic carbocycles. The van der Waals surface area contributed by atoms with E-state index < -0.39 is 10.0 Å². The fraction of sp³-hybridized carbons (Fsp3) is 0.500. The van der Waals surface area contributed by atoms with Gasteiger partial charge in [-0.1, -0.05) is 17.7 Å². The van der Waals surface area contributed by atoms with Crippen molar-refractivity contribution in [1.29, 1.82) is 0 Å². The third-order valence-electron chi connectivity index (χ3n) is 3.27. The van der Waals surface area contributed by atoms with Gasteiger partial charge in [0.1, 0.15) is 0 Å². The Morgan fingerprint density at radius 3 is 2.89 bits per heavy atom. The molecular formula is C12H16ClNO3S. The average molecular weight is 290 g/mol. The normalized spacial score (nSPS) is 21.4. The van der Waals surface area contributed by atoms with Crippen molar-refractivity contribution in [2.45, 2.75) is 30.7 Å². The van der Waals surface area contributed by atoms with Gasteiger partial charge in [0, 0.05) is 17.6 Å². The molecule has 1 saturated heterocycles. The number of aryl methyl sites for hydroxylation is 1. The van der Waals surface area contributed by atoms with Crippen molar-refractivity contribution >= 4 is 21.6 Å². The maximum Gasteiger partial charge on any atom is 0.243 e. The van der Waals surface area contributed by atoms with Gasteiger partial charge in [0.25, 0.3) is 0 Å². The molecule has 1 aliphatic rings. The molecule has 0 radical (unpaired) electrons. The predicted octanol–water partition coefficient (Wildman–Crippen LogP) is 1.79. The fourth-order valence-electron chi connectivity index (χ4n) is 2.29. The lowest BCUT2D eigenvalue weighted by Gasteiger charge is -2.23. The molecule has 1 atom stereocenters. The third-order valence-corrected chi connectivity index (χ3v) is 5.60. The number of benzene rings is 1. The van der Waals surface area contributed by atoms with Gasteiger partial charge in [-0.2, -0.15) is 4.31 Å². The summed E-state index contributed by atoms with van der Waals surface area (Å²) in [4.78, 5) is 0.232. The molecule has 1 aliphatic heterocycles. The predicted molar refractivity (Wildman–Crippen MR) is 70.2 cm³/mol. The zero-order valence-electron chi connectivity index (χ0n) is 10.1. The van der Waals surface area contributed by atoms with Gasteiger partial charge in [-0.25, -0.2) is 8.42 Å². The Balaban J connectivity index is 2.45. The van der Waals surface area contributed by atoms with Gasteiger partial charge in [-0.05, 0) is 37.5 Å². The van der Waals surface area contributed by atoms with Crippen molar-refractivity contribution < 1.29 is 13.5 Å². The SMILES string of the molecule is Cc1ccc(Cl)cc1S(=O)(=O)N1CCC[C@@H]1CO. The Kier molecular flexibility index (Phi) is 3.96. The van der Waals surface area contributed by atoms with Crippen molar-refractivity contribution in [3.05, 3.63) is 28.8 Å². The van der Waals surface area contributed by atoms with E-state index in [4.69, 9.17) is 11.6 Å². The molecule has 18 heavy (non-hydrogen) atoms. The van der Waals surface area contributed by atoms with Crippen molar-refractivity contribution in [3.8, 4) is 0 Å². The van der Waals surface area contributed by atoms with E-state index in [2.05, 4.69) is 0 Å². The van der Waals surface area contributed by atoms with Crippen LogP contribution in [0, 0.1) is 6.92 Å². The first-order valence-electron chi connectivity index (χ1n) is 5.85. The van der Waals surface area contributed by atoms with Gasteiger partial charge in [0.2, 0.25) is 10.0 Å². The molecule has 0 unspecified atom stereocenters. The lowest BCUT2D eigenvalue weighted by Crippen LogP contribution is -2.37. The van der Waals surface area contributed by atoms with Crippen LogP contribution in [0.1, 0.15) is 18.4 Å². The Hall–Kier alpha value is -0.620. The molecule has 1 aromatic rings. The highest BCUT2D eigenvalue weighted by Gasteiger charge is 2.35. The number of hydrogen-bond acceptors (Lipinski definition) is 3. The van der Waals surface area contributed by atoms with Crippen LogP contribution >= 0.6 is 11.6 Å². The van der Waals surface area contributed by atoms with Crippen LogP contribution in [0.15, 0.2) is 23.1 Å². The van der Waals surface area contributed by atoms with E-state index in [-0.39, 0.29) is 17.5 Å². The number of nitrogens with zero attached hydrogens (tertiary/aromatic N) is 1. The van der Waals surface area contributed by atoms with Crippen molar-refractivity contribution in [2.24, 2.45) is 0 Å². The summed E-state index contributed by atoms with van der Waals surface area (Å²) >= 11 is 5.87. The second-order valence-corrected chi connectivity index (χ2v) is 6.80. The van der Waals surface area contributed by atoms with Crippen LogP contribution in [-0.2, 0) is 10.0 Å². The highest BCUT2D eigenvalue weighted by Crippen LogP contribution is 2.29. The molecule has 0 saturated carbocycles. The van der Waals surface area contributed by atoms with Gasteiger partial charge < -0.3 is 5.11 Å². The maximum absolute atomic E-state index is 12.5. The maximum atomic E-state index is 12.5. The van der Waals surface area contributed by atoms with Crippen LogP contribution in [0.4, 0.5) is 0 Å². The lowest BCUT2D eigenvalue weighted by atomic mass is 10.2. The number of hydrogen-bond donors (Lipinski definition) is 1. The van der Waals surface area contributed by atoms with E-state index in [1.54, 1.807) is 19.1 Å². The van der Waals surface area contributed by atoms with Crippen LogP contribution in [0.25, 0.3) is 0 Å². The summed E-state index contributed by atoms with van der Waals surface area (Å²) in [6.45, 7) is 2.06. The summed E-state index contributed by atoms with van der Waals surface area (Å²) in [5, 5.41) is 9.64. The standard InChI is InChI=1S/C12H16ClNO3S/c1-9-4-5-10(13)7-12(9)18(16,17)14-6-2-3-11(14)8-15/h4-5,7,11,15H,2-3,6,8H2,1H3/t11-/m1/s1. The van der Waals surface area contributed by atoms with Gasteiger partial charge in [-0.3, -0.25) is 0 Å². The number of sulfonamides is 1. The number of rotatable bonds is 3. The second-order valence-electron chi connectivity index (χ2n) is 4.50. The Morgan fingerprint density at radius 2 is 2.22 bits per heavy atom. The van der Waals surface area contributed by atoms with Crippen LogP contribution < -0.4 is 0 Å². The lowest BCUT2D eigenvalue weighted by molar-refractivity contribution is 0.213. The molecule has 0 spiro atoms. The molecule has 0 bridgehead atoms. The molecule has 0 amide bonds. The summed E-state index contributed by atoms with van der Waals surface area (Å²) in [6.07, 6.45) is 1.49. The number of halogens is 1. The minimum Gasteiger partial charge on any atom is -0.395 e. The minimum absolute atomic E-state index is 0.140. The highest BCUT2D eigenvalue weighted by molar-refractivity contribution is 7.89. The molecule has 1 fully saturated rings. The fourth-order valence-corrected chi connectivity index (χ4v) is 4.46. The van der Waals surface area contributed by atoms with E-state index >= 15 is 0 Å². The van der Waals surface area contributed by atoms with Gasteiger partial charge in [0.05, 0.1) is 11.5 Å². The van der Waals surface area contributed by atoms with Crippen molar-refractivity contribution in [3.63, 3.8) is 0 Å². The average Bonchev–Trinajstić information content (AvgIpc) is 2.81. The molecule has 1 N–H and O–H groups in total. The van der Waals surface area contributed by atoms with Crippen LogP contribution in [0.2, 0.25) is 5.02 Å². The summed E-state index contributed by atoms with van der Waals surface area (Å²) in [6, 6.07) is 4.52. The summed E-state index contributed by atoms with van der Waals surface area (Å²) < 4.78 is 26.4. The molecular weight excluding hydrogens is 274 g/mol. The number of aliphatic hydroxyl groups is 1. The van der Waals surface area contributed by atoms with E-state index in [1.807, 2.05) is 0 Å². The number of aliphatic hydroxyl groups excluding tert-OH is 1. The molecule has 0 aromatic heterocycles. The smallest absolute Gasteiger partial charge is 0.243 e. The van der Waals surface area contributed by atoms with Crippen LogP contribution in [-0.4, -0.2) is 37.0 Å². The monoisotopic (exact) mass is 289 g/mol. The van der Waals surface area contributed by atoms with Gasteiger partial charge in [0.15, 0.2) is 0 Å². The summed E-state index contributed by atoms with van der Waals surface area (Å²) in [5.74, 6) is 0. The summed E-state index contributed by atoms with van der Waals surface area (Å²) in [5.41, 5.74) is 0.669. The van der Waals surface area contributed by atoms with Crippen LogP contribution in [0.5, 0.6) is 0 Å². The first-order valence-corrected chi connectivity index (χ1v) is 7.67. The Morgan fingerprint density at radius 1 is 1.50 bits per heavy atom. The van der Waals surface area contributed by atoms with E-state index in [0.717, 1.165) is 6.42 Å². The highest BCUT2D eigenvalue weighted by atomic mass is 35.5. The molecule has 2 rings (SSSR count). The molecule has 1 heterocycles. The Labute approximate surface area is 112 Å². The second kappa shape index (κ2) is 5.17. The minimum atomic E-state index is -3.56. The van der Waals surface area contributed by atoms with Gasteiger partial charge >= 0.3 is 0 Å². The van der Waals surface area contributed by atoms with E-state index in [1.165, 1.54) is 10.4 Å². The largest absolute Gasteiger partial charge is 0.395 e. The zero-order chi connectivity index (χ0) is 13.3. The zero-order valence-corrected chi connectivity index (χ0v) is 11.7. The third kappa shape index (κ3) is 2.40. The quantitative estimate of drug-likeness (QED) is 0.923. The summed E-state index contributed by atoms with van der Waals surface area (Å²) in [7, 11) is -3.56. The molecule has 100 valence electrons. The molecule has 6 heteroatoms. The first-order chi connectivity index (χ1) is 8.46. The van der Waals surface area contributed by atoms with E-state index in [9.17, 15) is 13.5 Å². The van der Waals surface area contributed by atoms with Gasteiger partial charge in [-0.15, -0.1) is 0 Å². The van der Waals surface area contributed by atoms with Crippen molar-refractivity contribution in [2.75, 3.05) is 13.2 Å². The Bertz CT molecular complexity index is 544. The van der Waals surface area contributed by atoms with Crippen molar-refractivity contribution in [1.82, 2.24) is 4.31 Å².